The molecule has 0 fully saturated rings. The Bertz CT molecular complexity index is 896. The molecule has 4 nitrogen and oxygen atoms in total. The van der Waals surface area contributed by atoms with Crippen LogP contribution in [0.3, 0.4) is 0 Å². The number of rotatable bonds is 6. The zero-order chi connectivity index (χ0) is 16.9. The number of aryl methyl sites for hydroxylation is 1. The molecule has 3 rings (SSSR count). The Kier molecular flexibility index (Phi) is 4.85. The van der Waals surface area contributed by atoms with E-state index in [0.717, 1.165) is 35.1 Å². The fourth-order valence-electron chi connectivity index (χ4n) is 2.71. The summed E-state index contributed by atoms with van der Waals surface area (Å²) in [6.07, 6.45) is 1.83. The van der Waals surface area contributed by atoms with Gasteiger partial charge in [-0.1, -0.05) is 25.5 Å². The van der Waals surface area contributed by atoms with Crippen LogP contribution in [0.4, 0.5) is 0 Å². The topological polar surface area (TPSA) is 48.7 Å². The van der Waals surface area contributed by atoms with Crippen molar-refractivity contribution in [2.45, 2.75) is 26.4 Å². The summed E-state index contributed by atoms with van der Waals surface area (Å²) in [5, 5.41) is 0.963. The molecular weight excluding hydrogens is 304 g/mol. The Morgan fingerprint density at radius 2 is 1.92 bits per heavy atom. The highest BCUT2D eigenvalue weighted by Crippen LogP contribution is 2.24. The van der Waals surface area contributed by atoms with Gasteiger partial charge in [0.25, 0.3) is 0 Å². The molecular formula is C20H20O4. The van der Waals surface area contributed by atoms with Crippen LogP contribution in [0.15, 0.2) is 57.7 Å². The fraction of sp³-hybridized carbons (Fsp3) is 0.250. The summed E-state index contributed by atoms with van der Waals surface area (Å²) in [5.41, 5.74) is 2.27. The number of benzene rings is 2. The van der Waals surface area contributed by atoms with Gasteiger partial charge in [-0.05, 0) is 41.8 Å². The van der Waals surface area contributed by atoms with Gasteiger partial charge in [0, 0.05) is 17.5 Å². The van der Waals surface area contributed by atoms with Crippen LogP contribution in [0.25, 0.3) is 11.0 Å². The van der Waals surface area contributed by atoms with Gasteiger partial charge < -0.3 is 13.9 Å². The number of methoxy groups -OCH3 is 1. The highest BCUT2D eigenvalue weighted by Gasteiger charge is 2.07. The minimum Gasteiger partial charge on any atom is -0.497 e. The van der Waals surface area contributed by atoms with Crippen molar-refractivity contribution in [2.24, 2.45) is 0 Å². The summed E-state index contributed by atoms with van der Waals surface area (Å²) in [6.45, 7) is 2.51. The van der Waals surface area contributed by atoms with Gasteiger partial charge in [0.2, 0.25) is 0 Å². The highest BCUT2D eigenvalue weighted by atomic mass is 16.5. The van der Waals surface area contributed by atoms with Gasteiger partial charge in [0.15, 0.2) is 0 Å². The van der Waals surface area contributed by atoms with Crippen LogP contribution < -0.4 is 15.1 Å². The van der Waals surface area contributed by atoms with E-state index in [1.807, 2.05) is 36.4 Å². The summed E-state index contributed by atoms with van der Waals surface area (Å²) in [6, 6.07) is 14.9. The first kappa shape index (κ1) is 16.1. The third-order valence-electron chi connectivity index (χ3n) is 3.86. The van der Waals surface area contributed by atoms with Crippen LogP contribution in [0.2, 0.25) is 0 Å². The molecule has 0 aliphatic carbocycles. The Morgan fingerprint density at radius 1 is 1.04 bits per heavy atom. The molecule has 0 saturated carbocycles. The van der Waals surface area contributed by atoms with E-state index in [-0.39, 0.29) is 5.63 Å². The standard InChI is InChI=1S/C20H20O4/c1-3-5-15-11-20(21)24-19-12-17(8-9-18(15)19)23-13-14-6-4-7-16(10-14)22-2/h4,6-12H,3,5,13H2,1-2H3. The molecule has 0 aliphatic rings. The molecule has 4 heteroatoms. The number of fused-ring (bicyclic) bond motifs is 1. The van der Waals surface area contributed by atoms with Crippen LogP contribution in [0.1, 0.15) is 24.5 Å². The molecule has 0 bridgehead atoms. The molecule has 0 saturated heterocycles. The molecule has 24 heavy (non-hydrogen) atoms. The van der Waals surface area contributed by atoms with Crippen molar-refractivity contribution in [3.8, 4) is 11.5 Å². The molecule has 0 amide bonds. The first-order valence-corrected chi connectivity index (χ1v) is 8.02. The van der Waals surface area contributed by atoms with Crippen molar-refractivity contribution >= 4 is 11.0 Å². The molecule has 0 aliphatic heterocycles. The minimum absolute atomic E-state index is 0.323. The van der Waals surface area contributed by atoms with E-state index < -0.39 is 0 Å². The summed E-state index contributed by atoms with van der Waals surface area (Å²) in [7, 11) is 1.64. The third kappa shape index (κ3) is 3.59. The molecule has 1 heterocycles. The summed E-state index contributed by atoms with van der Waals surface area (Å²) in [5.74, 6) is 1.46. The quantitative estimate of drug-likeness (QED) is 0.633. The second kappa shape index (κ2) is 7.21. The number of hydrogen-bond acceptors (Lipinski definition) is 4. The van der Waals surface area contributed by atoms with Gasteiger partial charge in [-0.25, -0.2) is 4.79 Å². The molecule has 0 atom stereocenters. The number of ether oxygens (including phenoxy) is 2. The maximum atomic E-state index is 11.7. The Balaban J connectivity index is 1.84. The monoisotopic (exact) mass is 324 g/mol. The van der Waals surface area contributed by atoms with Gasteiger partial charge in [-0.15, -0.1) is 0 Å². The molecule has 0 N–H and O–H groups in total. The second-order valence-corrected chi connectivity index (χ2v) is 5.64. The molecule has 1 aromatic heterocycles. The Labute approximate surface area is 140 Å². The van der Waals surface area contributed by atoms with Crippen molar-refractivity contribution in [3.63, 3.8) is 0 Å². The predicted molar refractivity (Wildman–Crippen MR) is 93.8 cm³/mol. The first-order valence-electron chi connectivity index (χ1n) is 8.02. The smallest absolute Gasteiger partial charge is 0.336 e. The number of hydrogen-bond donors (Lipinski definition) is 0. The van der Waals surface area contributed by atoms with E-state index in [4.69, 9.17) is 13.9 Å². The van der Waals surface area contributed by atoms with Gasteiger partial charge in [0.1, 0.15) is 23.7 Å². The second-order valence-electron chi connectivity index (χ2n) is 5.64. The van der Waals surface area contributed by atoms with Crippen LogP contribution in [0.5, 0.6) is 11.5 Å². The predicted octanol–water partition coefficient (Wildman–Crippen LogP) is 4.33. The van der Waals surface area contributed by atoms with Gasteiger partial charge in [0.05, 0.1) is 7.11 Å². The van der Waals surface area contributed by atoms with Gasteiger partial charge in [-0.2, -0.15) is 0 Å². The van der Waals surface area contributed by atoms with E-state index in [0.29, 0.717) is 17.9 Å². The molecule has 3 aromatic rings. The Morgan fingerprint density at radius 3 is 2.71 bits per heavy atom. The zero-order valence-electron chi connectivity index (χ0n) is 13.9. The summed E-state index contributed by atoms with van der Waals surface area (Å²) in [4.78, 5) is 11.7. The zero-order valence-corrected chi connectivity index (χ0v) is 13.9. The van der Waals surface area contributed by atoms with Crippen LogP contribution in [-0.4, -0.2) is 7.11 Å². The van der Waals surface area contributed by atoms with Gasteiger partial charge >= 0.3 is 5.63 Å². The highest BCUT2D eigenvalue weighted by molar-refractivity contribution is 5.81. The average molecular weight is 324 g/mol. The lowest BCUT2D eigenvalue weighted by atomic mass is 10.1. The molecule has 0 unspecified atom stereocenters. The SMILES string of the molecule is CCCc1cc(=O)oc2cc(OCc3cccc(OC)c3)ccc12. The average Bonchev–Trinajstić information content (AvgIpc) is 2.60. The van der Waals surface area contributed by atoms with Crippen molar-refractivity contribution in [1.29, 1.82) is 0 Å². The lowest BCUT2D eigenvalue weighted by Crippen LogP contribution is -2.01. The van der Waals surface area contributed by atoms with E-state index in [2.05, 4.69) is 6.92 Å². The Hall–Kier alpha value is -2.75. The summed E-state index contributed by atoms with van der Waals surface area (Å²) >= 11 is 0. The largest absolute Gasteiger partial charge is 0.497 e. The molecule has 124 valence electrons. The van der Waals surface area contributed by atoms with Gasteiger partial charge in [-0.3, -0.25) is 0 Å². The fourth-order valence-corrected chi connectivity index (χ4v) is 2.71. The van der Waals surface area contributed by atoms with Crippen molar-refractivity contribution in [2.75, 3.05) is 7.11 Å². The lowest BCUT2D eigenvalue weighted by molar-refractivity contribution is 0.305. The van der Waals surface area contributed by atoms with E-state index in [1.165, 1.54) is 0 Å². The molecule has 0 spiro atoms. The van der Waals surface area contributed by atoms with E-state index in [9.17, 15) is 4.79 Å². The van der Waals surface area contributed by atoms with Crippen LogP contribution in [0, 0.1) is 0 Å². The lowest BCUT2D eigenvalue weighted by Gasteiger charge is -2.09. The maximum absolute atomic E-state index is 11.7. The van der Waals surface area contributed by atoms with E-state index >= 15 is 0 Å². The summed E-state index contributed by atoms with van der Waals surface area (Å²) < 4.78 is 16.4. The third-order valence-corrected chi connectivity index (χ3v) is 3.86. The minimum atomic E-state index is -0.323. The first-order chi connectivity index (χ1) is 11.7. The normalized spacial score (nSPS) is 10.8. The van der Waals surface area contributed by atoms with Crippen molar-refractivity contribution in [1.82, 2.24) is 0 Å². The molecule has 0 radical (unpaired) electrons. The van der Waals surface area contributed by atoms with Crippen LogP contribution in [-0.2, 0) is 13.0 Å². The van der Waals surface area contributed by atoms with Crippen LogP contribution >= 0.6 is 0 Å². The van der Waals surface area contributed by atoms with E-state index in [1.54, 1.807) is 19.2 Å². The maximum Gasteiger partial charge on any atom is 0.336 e. The van der Waals surface area contributed by atoms with Crippen molar-refractivity contribution < 1.29 is 13.9 Å². The van der Waals surface area contributed by atoms with Crippen molar-refractivity contribution in [3.05, 3.63) is 70.1 Å². The molecule has 2 aromatic carbocycles.